The van der Waals surface area contributed by atoms with E-state index in [9.17, 15) is 4.79 Å². The Morgan fingerprint density at radius 2 is 2.00 bits per heavy atom. The van der Waals surface area contributed by atoms with Crippen LogP contribution in [0, 0.1) is 11.8 Å². The number of rotatable bonds is 2. The Kier molecular flexibility index (Phi) is 3.64. The second kappa shape index (κ2) is 5.00. The van der Waals surface area contributed by atoms with Gasteiger partial charge in [-0.2, -0.15) is 0 Å². The molecule has 0 aromatic rings. The van der Waals surface area contributed by atoms with Crippen LogP contribution < -0.4 is 5.32 Å². The number of carbonyl (C=O) groups is 1. The number of hydrogen-bond acceptors (Lipinski definition) is 3. The maximum Gasteiger partial charge on any atom is 0.157 e. The molecule has 3 nitrogen and oxygen atoms in total. The van der Waals surface area contributed by atoms with E-state index in [0.29, 0.717) is 17.6 Å². The lowest BCUT2D eigenvalue weighted by molar-refractivity contribution is -0.116. The normalized spacial score (nSPS) is 27.2. The summed E-state index contributed by atoms with van der Waals surface area (Å²) < 4.78 is 0. The van der Waals surface area contributed by atoms with Gasteiger partial charge in [0, 0.05) is 44.4 Å². The summed E-state index contributed by atoms with van der Waals surface area (Å²) in [7, 11) is 0. The monoisotopic (exact) mass is 222 g/mol. The fourth-order valence-electron chi connectivity index (χ4n) is 2.55. The molecule has 1 heterocycles. The molecule has 1 saturated heterocycles. The molecule has 0 amide bonds. The summed E-state index contributed by atoms with van der Waals surface area (Å²) in [6.07, 6.45) is 3.71. The van der Waals surface area contributed by atoms with E-state index in [2.05, 4.69) is 24.1 Å². The van der Waals surface area contributed by atoms with Crippen molar-refractivity contribution in [2.24, 2.45) is 11.8 Å². The van der Waals surface area contributed by atoms with Crippen LogP contribution in [0.2, 0.25) is 0 Å². The lowest BCUT2D eigenvalue weighted by atomic mass is 9.82. The van der Waals surface area contributed by atoms with E-state index in [1.54, 1.807) is 0 Å². The van der Waals surface area contributed by atoms with E-state index in [4.69, 9.17) is 0 Å². The molecule has 0 saturated carbocycles. The highest BCUT2D eigenvalue weighted by Gasteiger charge is 2.26. The van der Waals surface area contributed by atoms with Gasteiger partial charge in [0.1, 0.15) is 0 Å². The first-order valence-corrected chi connectivity index (χ1v) is 6.36. The molecule has 0 aromatic carbocycles. The average Bonchev–Trinajstić information content (AvgIpc) is 2.29. The van der Waals surface area contributed by atoms with Gasteiger partial charge in [-0.05, 0) is 18.3 Å². The number of allylic oxidation sites excluding steroid dienone is 2. The molecule has 0 radical (unpaired) electrons. The van der Waals surface area contributed by atoms with Crippen LogP contribution in [-0.2, 0) is 4.79 Å². The quantitative estimate of drug-likeness (QED) is 0.766. The minimum atomic E-state index is 0.318. The van der Waals surface area contributed by atoms with Crippen molar-refractivity contribution in [1.29, 1.82) is 0 Å². The van der Waals surface area contributed by atoms with Gasteiger partial charge in [-0.25, -0.2) is 0 Å². The Labute approximate surface area is 97.9 Å². The molecule has 90 valence electrons. The van der Waals surface area contributed by atoms with Gasteiger partial charge in [-0.3, -0.25) is 4.79 Å². The van der Waals surface area contributed by atoms with Crippen LogP contribution in [-0.4, -0.2) is 36.9 Å². The fraction of sp³-hybridized carbons (Fsp3) is 0.769. The molecule has 1 fully saturated rings. The van der Waals surface area contributed by atoms with Gasteiger partial charge in [0.15, 0.2) is 5.78 Å². The highest BCUT2D eigenvalue weighted by molar-refractivity contribution is 5.91. The highest BCUT2D eigenvalue weighted by Crippen LogP contribution is 2.30. The number of carbonyl (C=O) groups excluding carboxylic acids is 1. The van der Waals surface area contributed by atoms with E-state index >= 15 is 0 Å². The molecule has 2 aliphatic rings. The van der Waals surface area contributed by atoms with E-state index < -0.39 is 0 Å². The van der Waals surface area contributed by atoms with Crippen molar-refractivity contribution in [2.45, 2.75) is 26.7 Å². The van der Waals surface area contributed by atoms with E-state index in [-0.39, 0.29) is 0 Å². The molecule has 3 heteroatoms. The topological polar surface area (TPSA) is 32.3 Å². The Morgan fingerprint density at radius 3 is 2.62 bits per heavy atom. The molecule has 2 rings (SSSR count). The van der Waals surface area contributed by atoms with Gasteiger partial charge in [0.2, 0.25) is 0 Å². The Bertz CT molecular complexity index is 290. The van der Waals surface area contributed by atoms with Crippen molar-refractivity contribution in [3.05, 3.63) is 11.8 Å². The first-order chi connectivity index (χ1) is 7.66. The summed E-state index contributed by atoms with van der Waals surface area (Å²) in [5.74, 6) is 1.47. The lowest BCUT2D eigenvalue weighted by Gasteiger charge is -2.36. The third-order valence-corrected chi connectivity index (χ3v) is 3.73. The highest BCUT2D eigenvalue weighted by atomic mass is 16.1. The fourth-order valence-corrected chi connectivity index (χ4v) is 2.55. The van der Waals surface area contributed by atoms with E-state index in [1.165, 1.54) is 5.70 Å². The van der Waals surface area contributed by atoms with Gasteiger partial charge < -0.3 is 10.2 Å². The minimum absolute atomic E-state index is 0.318. The third kappa shape index (κ3) is 2.64. The first kappa shape index (κ1) is 11.6. The van der Waals surface area contributed by atoms with Crippen LogP contribution in [0.15, 0.2) is 11.8 Å². The predicted molar refractivity (Wildman–Crippen MR) is 65.1 cm³/mol. The summed E-state index contributed by atoms with van der Waals surface area (Å²) in [6, 6.07) is 0. The van der Waals surface area contributed by atoms with Crippen LogP contribution in [0.4, 0.5) is 0 Å². The molecule has 1 atom stereocenters. The standard InChI is InChI=1S/C13H22N2O/c1-10(2)11-7-12(9-13(16)8-11)15-5-3-14-4-6-15/h9-11,14H,3-8H2,1-2H3. The molecule has 0 aromatic heterocycles. The molecule has 1 aliphatic heterocycles. The van der Waals surface area contributed by atoms with E-state index in [0.717, 1.165) is 39.0 Å². The van der Waals surface area contributed by atoms with Crippen LogP contribution in [0.1, 0.15) is 26.7 Å². The van der Waals surface area contributed by atoms with Crippen molar-refractivity contribution >= 4 is 5.78 Å². The third-order valence-electron chi connectivity index (χ3n) is 3.73. The Morgan fingerprint density at radius 1 is 1.31 bits per heavy atom. The summed E-state index contributed by atoms with van der Waals surface area (Å²) in [5, 5.41) is 3.35. The molecule has 0 bridgehead atoms. The van der Waals surface area contributed by atoms with Crippen LogP contribution in [0.25, 0.3) is 0 Å². The smallest absolute Gasteiger partial charge is 0.157 e. The number of hydrogen-bond donors (Lipinski definition) is 1. The number of nitrogens with one attached hydrogen (secondary N) is 1. The zero-order chi connectivity index (χ0) is 11.5. The summed E-state index contributed by atoms with van der Waals surface area (Å²) in [4.78, 5) is 14.1. The molecular weight excluding hydrogens is 200 g/mol. The van der Waals surface area contributed by atoms with Crippen LogP contribution >= 0.6 is 0 Å². The van der Waals surface area contributed by atoms with Gasteiger partial charge in [-0.1, -0.05) is 13.8 Å². The van der Waals surface area contributed by atoms with Gasteiger partial charge >= 0.3 is 0 Å². The van der Waals surface area contributed by atoms with Crippen molar-refractivity contribution < 1.29 is 4.79 Å². The second-order valence-corrected chi connectivity index (χ2v) is 5.25. The largest absolute Gasteiger partial charge is 0.372 e. The van der Waals surface area contributed by atoms with Crippen molar-refractivity contribution in [1.82, 2.24) is 10.2 Å². The Hall–Kier alpha value is -0.830. The van der Waals surface area contributed by atoms with Crippen LogP contribution in [0.3, 0.4) is 0 Å². The molecule has 1 aliphatic carbocycles. The maximum atomic E-state index is 11.7. The maximum absolute atomic E-state index is 11.7. The van der Waals surface area contributed by atoms with Gasteiger partial charge in [0.05, 0.1) is 0 Å². The van der Waals surface area contributed by atoms with Crippen molar-refractivity contribution in [3.63, 3.8) is 0 Å². The molecule has 0 spiro atoms. The van der Waals surface area contributed by atoms with Crippen molar-refractivity contribution in [3.8, 4) is 0 Å². The average molecular weight is 222 g/mol. The SMILES string of the molecule is CC(C)C1CC(=O)C=C(N2CCNCC2)C1. The van der Waals surface area contributed by atoms with E-state index in [1.807, 2.05) is 6.08 Å². The molecular formula is C13H22N2O. The molecule has 1 unspecified atom stereocenters. The van der Waals surface area contributed by atoms with Gasteiger partial charge in [-0.15, -0.1) is 0 Å². The number of piperazine rings is 1. The summed E-state index contributed by atoms with van der Waals surface area (Å²) >= 11 is 0. The summed E-state index contributed by atoms with van der Waals surface area (Å²) in [5.41, 5.74) is 1.27. The molecule has 16 heavy (non-hydrogen) atoms. The zero-order valence-electron chi connectivity index (χ0n) is 10.3. The lowest BCUT2D eigenvalue weighted by Crippen LogP contribution is -2.44. The number of ketones is 1. The van der Waals surface area contributed by atoms with Crippen LogP contribution in [0.5, 0.6) is 0 Å². The van der Waals surface area contributed by atoms with Crippen molar-refractivity contribution in [2.75, 3.05) is 26.2 Å². The minimum Gasteiger partial charge on any atom is -0.372 e. The Balaban J connectivity index is 2.05. The zero-order valence-corrected chi connectivity index (χ0v) is 10.3. The van der Waals surface area contributed by atoms with Gasteiger partial charge in [0.25, 0.3) is 0 Å². The first-order valence-electron chi connectivity index (χ1n) is 6.36. The molecule has 1 N–H and O–H groups in total. The summed E-state index contributed by atoms with van der Waals surface area (Å²) in [6.45, 7) is 8.61. The number of nitrogens with zero attached hydrogens (tertiary/aromatic N) is 1. The second-order valence-electron chi connectivity index (χ2n) is 5.25. The predicted octanol–water partition coefficient (Wildman–Crippen LogP) is 1.41.